The summed E-state index contributed by atoms with van der Waals surface area (Å²) in [5, 5.41) is 12.9. The molecule has 6 heteroatoms. The number of anilines is 1. The number of hydrogen-bond acceptors (Lipinski definition) is 6. The maximum atomic E-state index is 8.74. The lowest BCUT2D eigenvalue weighted by molar-refractivity contribution is 0.307. The first kappa shape index (κ1) is 16.3. The van der Waals surface area contributed by atoms with Crippen LogP contribution in [-0.4, -0.2) is 23.0 Å². The van der Waals surface area contributed by atoms with Gasteiger partial charge in [-0.2, -0.15) is 0 Å². The SMILES string of the molecule is Cc1ncc(CCCOc2c(C)cc(N)c(C=NO)c2C)s1. The molecule has 1 heterocycles. The van der Waals surface area contributed by atoms with Gasteiger partial charge in [0.15, 0.2) is 0 Å². The Kier molecular flexibility index (Phi) is 5.38. The van der Waals surface area contributed by atoms with Crippen LogP contribution in [0.25, 0.3) is 0 Å². The quantitative estimate of drug-likeness (QED) is 0.281. The van der Waals surface area contributed by atoms with Crippen LogP contribution in [0, 0.1) is 20.8 Å². The third kappa shape index (κ3) is 3.76. The average molecular weight is 319 g/mol. The number of nitrogens with two attached hydrogens (primary N) is 1. The Labute approximate surface area is 134 Å². The van der Waals surface area contributed by atoms with E-state index in [2.05, 4.69) is 10.1 Å². The lowest BCUT2D eigenvalue weighted by Crippen LogP contribution is -2.06. The molecule has 0 fully saturated rings. The van der Waals surface area contributed by atoms with Crippen LogP contribution in [0.1, 0.15) is 33.0 Å². The highest BCUT2D eigenvalue weighted by Crippen LogP contribution is 2.30. The number of oxime groups is 1. The van der Waals surface area contributed by atoms with E-state index >= 15 is 0 Å². The van der Waals surface area contributed by atoms with Crippen molar-refractivity contribution in [2.24, 2.45) is 5.16 Å². The molecule has 0 atom stereocenters. The Morgan fingerprint density at radius 1 is 1.41 bits per heavy atom. The molecule has 0 radical (unpaired) electrons. The molecule has 22 heavy (non-hydrogen) atoms. The summed E-state index contributed by atoms with van der Waals surface area (Å²) in [6.07, 6.45) is 5.16. The lowest BCUT2D eigenvalue weighted by Gasteiger charge is -2.15. The fraction of sp³-hybridized carbons (Fsp3) is 0.375. The minimum atomic E-state index is 0.584. The molecular weight excluding hydrogens is 298 g/mol. The van der Waals surface area contributed by atoms with E-state index in [-0.39, 0.29) is 0 Å². The van der Waals surface area contributed by atoms with E-state index in [4.69, 9.17) is 15.7 Å². The van der Waals surface area contributed by atoms with Crippen LogP contribution in [0.15, 0.2) is 17.4 Å². The van der Waals surface area contributed by atoms with E-state index in [1.54, 1.807) is 11.3 Å². The van der Waals surface area contributed by atoms with Gasteiger partial charge < -0.3 is 15.7 Å². The number of ether oxygens (including phenoxy) is 1. The van der Waals surface area contributed by atoms with Gasteiger partial charge in [-0.1, -0.05) is 5.16 Å². The molecule has 2 aromatic rings. The van der Waals surface area contributed by atoms with Crippen molar-refractivity contribution in [3.05, 3.63) is 38.8 Å². The zero-order valence-electron chi connectivity index (χ0n) is 13.1. The minimum Gasteiger partial charge on any atom is -0.493 e. The predicted octanol–water partition coefficient (Wildman–Crippen LogP) is 3.47. The molecule has 0 bridgehead atoms. The smallest absolute Gasteiger partial charge is 0.125 e. The topological polar surface area (TPSA) is 80.7 Å². The van der Waals surface area contributed by atoms with Gasteiger partial charge in [0.1, 0.15) is 5.75 Å². The number of nitrogen functional groups attached to an aromatic ring is 1. The van der Waals surface area contributed by atoms with E-state index < -0.39 is 0 Å². The van der Waals surface area contributed by atoms with E-state index in [1.807, 2.05) is 33.0 Å². The first-order chi connectivity index (χ1) is 10.5. The molecule has 0 aliphatic rings. The third-order valence-electron chi connectivity index (χ3n) is 3.46. The monoisotopic (exact) mass is 319 g/mol. The second-order valence-corrected chi connectivity index (χ2v) is 6.51. The van der Waals surface area contributed by atoms with Crippen LogP contribution in [-0.2, 0) is 6.42 Å². The fourth-order valence-electron chi connectivity index (χ4n) is 2.40. The van der Waals surface area contributed by atoms with Crippen LogP contribution in [0.3, 0.4) is 0 Å². The van der Waals surface area contributed by atoms with Crippen LogP contribution >= 0.6 is 11.3 Å². The number of thiazole rings is 1. The number of benzene rings is 1. The highest BCUT2D eigenvalue weighted by Gasteiger charge is 2.12. The molecule has 0 saturated heterocycles. The Balaban J connectivity index is 2.01. The highest BCUT2D eigenvalue weighted by atomic mass is 32.1. The summed E-state index contributed by atoms with van der Waals surface area (Å²) in [6.45, 7) is 6.52. The molecule has 1 aromatic carbocycles. The number of hydrogen-bond donors (Lipinski definition) is 2. The van der Waals surface area contributed by atoms with E-state index in [9.17, 15) is 0 Å². The summed E-state index contributed by atoms with van der Waals surface area (Å²) < 4.78 is 5.92. The molecule has 1 aromatic heterocycles. The zero-order valence-corrected chi connectivity index (χ0v) is 13.9. The molecule has 0 unspecified atom stereocenters. The largest absolute Gasteiger partial charge is 0.493 e. The fourth-order valence-corrected chi connectivity index (χ4v) is 3.24. The summed E-state index contributed by atoms with van der Waals surface area (Å²) in [7, 11) is 0. The molecule has 0 spiro atoms. The summed E-state index contributed by atoms with van der Waals surface area (Å²) in [5.74, 6) is 0.810. The second kappa shape index (κ2) is 7.26. The number of aryl methyl sites for hydroxylation is 3. The standard InChI is InChI=1S/C16H21N3O2S/c1-10-7-15(17)14(9-19-20)11(2)16(10)21-6-4-5-13-8-18-12(3)22-13/h7-9,20H,4-6,17H2,1-3H3. The summed E-state index contributed by atoms with van der Waals surface area (Å²) in [6, 6.07) is 1.84. The number of nitrogens with zero attached hydrogens (tertiary/aromatic N) is 2. The Morgan fingerprint density at radius 3 is 2.82 bits per heavy atom. The molecule has 3 N–H and O–H groups in total. The van der Waals surface area contributed by atoms with Crippen molar-refractivity contribution in [1.82, 2.24) is 4.98 Å². The Bertz CT molecular complexity index is 680. The molecule has 0 aliphatic carbocycles. The zero-order chi connectivity index (χ0) is 16.1. The summed E-state index contributed by atoms with van der Waals surface area (Å²) in [4.78, 5) is 5.53. The maximum absolute atomic E-state index is 8.74. The van der Waals surface area contributed by atoms with Crippen LogP contribution < -0.4 is 10.5 Å². The lowest BCUT2D eigenvalue weighted by atomic mass is 10.0. The van der Waals surface area contributed by atoms with Gasteiger partial charge in [0.2, 0.25) is 0 Å². The third-order valence-corrected chi connectivity index (χ3v) is 4.43. The van der Waals surface area contributed by atoms with Crippen molar-refractivity contribution in [2.75, 3.05) is 12.3 Å². The maximum Gasteiger partial charge on any atom is 0.125 e. The van der Waals surface area contributed by atoms with Gasteiger partial charge in [-0.3, -0.25) is 0 Å². The minimum absolute atomic E-state index is 0.584. The van der Waals surface area contributed by atoms with E-state index in [0.29, 0.717) is 17.9 Å². The first-order valence-electron chi connectivity index (χ1n) is 7.14. The Morgan fingerprint density at radius 2 is 2.18 bits per heavy atom. The predicted molar refractivity (Wildman–Crippen MR) is 90.4 cm³/mol. The summed E-state index contributed by atoms with van der Waals surface area (Å²) >= 11 is 1.72. The molecular formula is C16H21N3O2S. The van der Waals surface area contributed by atoms with Gasteiger partial charge in [-0.15, -0.1) is 11.3 Å². The Hall–Kier alpha value is -2.08. The van der Waals surface area contributed by atoms with Crippen molar-refractivity contribution in [2.45, 2.75) is 33.6 Å². The van der Waals surface area contributed by atoms with Gasteiger partial charge >= 0.3 is 0 Å². The van der Waals surface area contributed by atoms with Gasteiger partial charge in [-0.25, -0.2) is 4.98 Å². The molecule has 0 saturated carbocycles. The van der Waals surface area contributed by atoms with Crippen LogP contribution in [0.5, 0.6) is 5.75 Å². The van der Waals surface area contributed by atoms with Crippen LogP contribution in [0.4, 0.5) is 5.69 Å². The van der Waals surface area contributed by atoms with Gasteiger partial charge in [0, 0.05) is 27.9 Å². The van der Waals surface area contributed by atoms with Gasteiger partial charge in [-0.05, 0) is 45.2 Å². The first-order valence-corrected chi connectivity index (χ1v) is 7.95. The highest BCUT2D eigenvalue weighted by molar-refractivity contribution is 7.11. The molecule has 0 aliphatic heterocycles. The van der Waals surface area contributed by atoms with E-state index in [1.165, 1.54) is 11.1 Å². The van der Waals surface area contributed by atoms with E-state index in [0.717, 1.165) is 34.7 Å². The summed E-state index contributed by atoms with van der Waals surface area (Å²) in [5.41, 5.74) is 9.10. The van der Waals surface area contributed by atoms with Crippen molar-refractivity contribution in [3.63, 3.8) is 0 Å². The number of rotatable bonds is 6. The molecule has 0 amide bonds. The van der Waals surface area contributed by atoms with Crippen molar-refractivity contribution in [3.8, 4) is 5.75 Å². The number of aromatic nitrogens is 1. The molecule has 5 nitrogen and oxygen atoms in total. The molecule has 118 valence electrons. The second-order valence-electron chi connectivity index (χ2n) is 5.19. The normalized spacial score (nSPS) is 11.2. The van der Waals surface area contributed by atoms with Gasteiger partial charge in [0.25, 0.3) is 0 Å². The average Bonchev–Trinajstić information content (AvgIpc) is 2.88. The van der Waals surface area contributed by atoms with Crippen LogP contribution in [0.2, 0.25) is 0 Å². The van der Waals surface area contributed by atoms with Crippen molar-refractivity contribution in [1.29, 1.82) is 0 Å². The van der Waals surface area contributed by atoms with Crippen molar-refractivity contribution >= 4 is 23.2 Å². The van der Waals surface area contributed by atoms with Crippen molar-refractivity contribution < 1.29 is 9.94 Å². The van der Waals surface area contributed by atoms with Gasteiger partial charge in [0.05, 0.1) is 17.8 Å². The molecule has 2 rings (SSSR count).